The Morgan fingerprint density at radius 2 is 1.65 bits per heavy atom. The lowest BCUT2D eigenvalue weighted by Gasteiger charge is -2.33. The fourth-order valence-electron chi connectivity index (χ4n) is 2.99. The standard InChI is InChI=1S/C13H20N4O2S/c18-20(19,16-7-1-2-8-16)17-9-3-12(4-10-17)13-11-14-5-6-15-13/h5-6,11-12H,1-4,7-10H2. The fraction of sp³-hybridized carbons (Fsp3) is 0.692. The summed E-state index contributed by atoms with van der Waals surface area (Å²) in [7, 11) is -3.24. The predicted octanol–water partition coefficient (Wildman–Crippen LogP) is 0.997. The summed E-state index contributed by atoms with van der Waals surface area (Å²) in [6, 6.07) is 0. The highest BCUT2D eigenvalue weighted by molar-refractivity contribution is 7.86. The maximum Gasteiger partial charge on any atom is 0.281 e. The van der Waals surface area contributed by atoms with Gasteiger partial charge in [0, 0.05) is 50.7 Å². The number of hydrogen-bond donors (Lipinski definition) is 0. The van der Waals surface area contributed by atoms with E-state index in [0.717, 1.165) is 31.4 Å². The second-order valence-electron chi connectivity index (χ2n) is 5.42. The van der Waals surface area contributed by atoms with Crippen molar-refractivity contribution in [3.8, 4) is 0 Å². The third-order valence-electron chi connectivity index (χ3n) is 4.17. The number of hydrogen-bond acceptors (Lipinski definition) is 4. The molecule has 0 aliphatic carbocycles. The molecule has 110 valence electrons. The van der Waals surface area contributed by atoms with E-state index in [4.69, 9.17) is 0 Å². The molecule has 0 aromatic carbocycles. The number of piperidine rings is 1. The van der Waals surface area contributed by atoms with E-state index < -0.39 is 10.2 Å². The van der Waals surface area contributed by atoms with Crippen molar-refractivity contribution in [3.63, 3.8) is 0 Å². The minimum atomic E-state index is -3.24. The summed E-state index contributed by atoms with van der Waals surface area (Å²) in [5.41, 5.74) is 0.978. The Kier molecular flexibility index (Phi) is 4.00. The molecule has 0 bridgehead atoms. The van der Waals surface area contributed by atoms with Crippen molar-refractivity contribution in [2.24, 2.45) is 0 Å². The molecule has 2 aliphatic rings. The van der Waals surface area contributed by atoms with E-state index in [0.29, 0.717) is 32.1 Å². The van der Waals surface area contributed by atoms with Crippen LogP contribution in [-0.4, -0.2) is 53.2 Å². The first-order valence-corrected chi connectivity index (χ1v) is 8.59. The van der Waals surface area contributed by atoms with Crippen LogP contribution in [0.1, 0.15) is 37.3 Å². The Hall–Kier alpha value is -1.05. The van der Waals surface area contributed by atoms with Crippen LogP contribution in [-0.2, 0) is 10.2 Å². The van der Waals surface area contributed by atoms with Gasteiger partial charge in [0.05, 0.1) is 5.69 Å². The maximum absolute atomic E-state index is 12.5. The summed E-state index contributed by atoms with van der Waals surface area (Å²) in [6.45, 7) is 2.51. The lowest BCUT2D eigenvalue weighted by atomic mass is 9.95. The Labute approximate surface area is 120 Å². The van der Waals surface area contributed by atoms with Crippen molar-refractivity contribution < 1.29 is 8.42 Å². The third-order valence-corrected chi connectivity index (χ3v) is 6.21. The molecule has 0 spiro atoms. The summed E-state index contributed by atoms with van der Waals surface area (Å²) in [6.07, 6.45) is 8.76. The Morgan fingerprint density at radius 3 is 2.25 bits per heavy atom. The highest BCUT2D eigenvalue weighted by atomic mass is 32.2. The Morgan fingerprint density at radius 1 is 1.00 bits per heavy atom. The second-order valence-corrected chi connectivity index (χ2v) is 7.35. The van der Waals surface area contributed by atoms with Crippen molar-refractivity contribution in [1.82, 2.24) is 18.6 Å². The van der Waals surface area contributed by atoms with Gasteiger partial charge in [-0.1, -0.05) is 0 Å². The second kappa shape index (κ2) is 5.75. The van der Waals surface area contributed by atoms with E-state index in [9.17, 15) is 8.42 Å². The van der Waals surface area contributed by atoms with Crippen LogP contribution in [0.3, 0.4) is 0 Å². The smallest absolute Gasteiger partial charge is 0.261 e. The minimum absolute atomic E-state index is 0.328. The molecular weight excluding hydrogens is 276 g/mol. The lowest BCUT2D eigenvalue weighted by molar-refractivity contribution is 0.293. The van der Waals surface area contributed by atoms with Crippen molar-refractivity contribution in [1.29, 1.82) is 0 Å². The van der Waals surface area contributed by atoms with Gasteiger partial charge in [-0.2, -0.15) is 17.0 Å². The summed E-state index contributed by atoms with van der Waals surface area (Å²) in [4.78, 5) is 8.41. The molecule has 0 N–H and O–H groups in total. The maximum atomic E-state index is 12.5. The minimum Gasteiger partial charge on any atom is -0.261 e. The van der Waals surface area contributed by atoms with Gasteiger partial charge >= 0.3 is 0 Å². The number of nitrogens with zero attached hydrogens (tertiary/aromatic N) is 4. The first-order valence-electron chi connectivity index (χ1n) is 7.19. The fourth-order valence-corrected chi connectivity index (χ4v) is 4.70. The highest BCUT2D eigenvalue weighted by Crippen LogP contribution is 2.28. The first-order chi connectivity index (χ1) is 9.68. The van der Waals surface area contributed by atoms with Crippen LogP contribution >= 0.6 is 0 Å². The molecule has 20 heavy (non-hydrogen) atoms. The van der Waals surface area contributed by atoms with Crippen LogP contribution in [0.4, 0.5) is 0 Å². The van der Waals surface area contributed by atoms with Crippen LogP contribution in [0, 0.1) is 0 Å². The molecule has 2 fully saturated rings. The Bertz CT molecular complexity index is 535. The molecule has 3 heterocycles. The molecule has 7 heteroatoms. The zero-order valence-corrected chi connectivity index (χ0v) is 12.3. The van der Waals surface area contributed by atoms with Gasteiger partial charge < -0.3 is 0 Å². The van der Waals surface area contributed by atoms with Gasteiger partial charge in [0.2, 0.25) is 0 Å². The molecule has 1 aromatic heterocycles. The molecule has 3 rings (SSSR count). The zero-order chi connectivity index (χ0) is 14.0. The van der Waals surface area contributed by atoms with Crippen LogP contribution < -0.4 is 0 Å². The topological polar surface area (TPSA) is 66.4 Å². The average molecular weight is 296 g/mol. The Balaban J connectivity index is 1.64. The third kappa shape index (κ3) is 2.70. The van der Waals surface area contributed by atoms with Crippen molar-refractivity contribution in [2.75, 3.05) is 26.2 Å². The van der Waals surface area contributed by atoms with Gasteiger partial charge in [0.1, 0.15) is 0 Å². The molecule has 0 atom stereocenters. The molecule has 0 saturated carbocycles. The SMILES string of the molecule is O=S(=O)(N1CCCC1)N1CCC(c2cnccn2)CC1. The largest absolute Gasteiger partial charge is 0.281 e. The van der Waals surface area contributed by atoms with E-state index in [2.05, 4.69) is 9.97 Å². The first kappa shape index (κ1) is 13.9. The summed E-state index contributed by atoms with van der Waals surface area (Å²) in [5, 5.41) is 0. The zero-order valence-electron chi connectivity index (χ0n) is 11.5. The molecule has 2 aliphatic heterocycles. The van der Waals surface area contributed by atoms with Gasteiger partial charge in [-0.15, -0.1) is 0 Å². The molecule has 2 saturated heterocycles. The highest BCUT2D eigenvalue weighted by Gasteiger charge is 2.34. The van der Waals surface area contributed by atoms with Gasteiger partial charge in [0.25, 0.3) is 10.2 Å². The molecular formula is C13H20N4O2S. The van der Waals surface area contributed by atoms with Crippen molar-refractivity contribution in [2.45, 2.75) is 31.6 Å². The van der Waals surface area contributed by atoms with E-state index in [1.165, 1.54) is 0 Å². The monoisotopic (exact) mass is 296 g/mol. The van der Waals surface area contributed by atoms with Crippen LogP contribution in [0.15, 0.2) is 18.6 Å². The average Bonchev–Trinajstić information content (AvgIpc) is 3.03. The molecule has 1 aromatic rings. The van der Waals surface area contributed by atoms with Crippen LogP contribution in [0.25, 0.3) is 0 Å². The number of aromatic nitrogens is 2. The van der Waals surface area contributed by atoms with E-state index >= 15 is 0 Å². The van der Waals surface area contributed by atoms with Gasteiger partial charge in [0.15, 0.2) is 0 Å². The van der Waals surface area contributed by atoms with Crippen LogP contribution in [0.5, 0.6) is 0 Å². The van der Waals surface area contributed by atoms with Gasteiger partial charge in [-0.25, -0.2) is 0 Å². The summed E-state index contributed by atoms with van der Waals surface area (Å²) >= 11 is 0. The van der Waals surface area contributed by atoms with Gasteiger partial charge in [-0.05, 0) is 25.7 Å². The summed E-state index contributed by atoms with van der Waals surface area (Å²) < 4.78 is 28.2. The normalized spacial score (nSPS) is 23.2. The van der Waals surface area contributed by atoms with E-state index in [-0.39, 0.29) is 0 Å². The quantitative estimate of drug-likeness (QED) is 0.834. The molecule has 0 radical (unpaired) electrons. The van der Waals surface area contributed by atoms with Crippen molar-refractivity contribution in [3.05, 3.63) is 24.3 Å². The number of rotatable bonds is 3. The predicted molar refractivity (Wildman–Crippen MR) is 75.3 cm³/mol. The van der Waals surface area contributed by atoms with E-state index in [1.54, 1.807) is 27.2 Å². The molecule has 0 amide bonds. The van der Waals surface area contributed by atoms with E-state index in [1.807, 2.05) is 0 Å². The summed E-state index contributed by atoms with van der Waals surface area (Å²) in [5.74, 6) is 0.328. The lowest BCUT2D eigenvalue weighted by Crippen LogP contribution is -2.45. The van der Waals surface area contributed by atoms with Gasteiger partial charge in [-0.3, -0.25) is 9.97 Å². The molecule has 6 nitrogen and oxygen atoms in total. The molecule has 0 unspecified atom stereocenters. The van der Waals surface area contributed by atoms with Crippen LogP contribution in [0.2, 0.25) is 0 Å². The van der Waals surface area contributed by atoms with Crippen molar-refractivity contribution >= 4 is 10.2 Å².